The van der Waals surface area contributed by atoms with Gasteiger partial charge in [-0.15, -0.1) is 0 Å². The van der Waals surface area contributed by atoms with E-state index in [4.69, 9.17) is 0 Å². The molecule has 0 aliphatic rings. The SMILES string of the molecule is Cc1ccccc1[Si](C)(c1ccccc1C)c1ccccc1C. The maximum absolute atomic E-state index is 2.50. The number of benzene rings is 3. The van der Waals surface area contributed by atoms with E-state index >= 15 is 0 Å². The van der Waals surface area contributed by atoms with Crippen LogP contribution in [-0.4, -0.2) is 8.07 Å². The van der Waals surface area contributed by atoms with Gasteiger partial charge < -0.3 is 0 Å². The predicted molar refractivity (Wildman–Crippen MR) is 104 cm³/mol. The summed E-state index contributed by atoms with van der Waals surface area (Å²) in [6.07, 6.45) is 0. The Bertz CT molecular complexity index is 722. The molecule has 0 saturated carbocycles. The normalized spacial score (nSPS) is 11.5. The molecule has 3 aromatic carbocycles. The summed E-state index contributed by atoms with van der Waals surface area (Å²) in [4.78, 5) is 0. The van der Waals surface area contributed by atoms with Crippen molar-refractivity contribution in [2.75, 3.05) is 0 Å². The van der Waals surface area contributed by atoms with Gasteiger partial charge in [-0.25, -0.2) is 0 Å². The Balaban J connectivity index is 2.38. The monoisotopic (exact) mass is 316 g/mol. The van der Waals surface area contributed by atoms with Crippen molar-refractivity contribution in [1.29, 1.82) is 0 Å². The fourth-order valence-corrected chi connectivity index (χ4v) is 8.61. The molecule has 116 valence electrons. The van der Waals surface area contributed by atoms with Crippen LogP contribution >= 0.6 is 0 Å². The maximum atomic E-state index is 2.50. The van der Waals surface area contributed by atoms with Gasteiger partial charge in [0, 0.05) is 0 Å². The van der Waals surface area contributed by atoms with Crippen molar-refractivity contribution < 1.29 is 0 Å². The zero-order valence-electron chi connectivity index (χ0n) is 14.4. The minimum Gasteiger partial charge on any atom is -0.0623 e. The highest BCUT2D eigenvalue weighted by Crippen LogP contribution is 2.13. The van der Waals surface area contributed by atoms with Crippen molar-refractivity contribution in [3.63, 3.8) is 0 Å². The van der Waals surface area contributed by atoms with Crippen LogP contribution in [0.15, 0.2) is 72.8 Å². The maximum Gasteiger partial charge on any atom is 0.146 e. The van der Waals surface area contributed by atoms with Crippen LogP contribution in [0.5, 0.6) is 0 Å². The average Bonchev–Trinajstić information content (AvgIpc) is 2.55. The third-order valence-electron chi connectivity index (χ3n) is 5.05. The average molecular weight is 317 g/mol. The van der Waals surface area contributed by atoms with Crippen LogP contribution in [0.2, 0.25) is 6.55 Å². The molecule has 0 aromatic heterocycles. The Morgan fingerprint density at radius 3 is 1.00 bits per heavy atom. The second-order valence-electron chi connectivity index (χ2n) is 6.57. The van der Waals surface area contributed by atoms with Gasteiger partial charge in [0.25, 0.3) is 0 Å². The first-order chi connectivity index (χ1) is 11.0. The van der Waals surface area contributed by atoms with E-state index in [9.17, 15) is 0 Å². The first kappa shape index (κ1) is 15.8. The first-order valence-corrected chi connectivity index (χ1v) is 10.7. The van der Waals surface area contributed by atoms with Gasteiger partial charge in [0.05, 0.1) is 0 Å². The molecule has 0 nitrogen and oxygen atoms in total. The molecule has 0 amide bonds. The summed E-state index contributed by atoms with van der Waals surface area (Å²) in [5, 5.41) is 4.55. The quantitative estimate of drug-likeness (QED) is 0.510. The predicted octanol–water partition coefficient (Wildman–Crippen LogP) is 3.71. The van der Waals surface area contributed by atoms with Crippen molar-refractivity contribution in [1.82, 2.24) is 0 Å². The molecule has 0 saturated heterocycles. The van der Waals surface area contributed by atoms with Gasteiger partial charge in [0.15, 0.2) is 0 Å². The molecular formula is C22H24Si. The molecule has 0 unspecified atom stereocenters. The Labute approximate surface area is 140 Å². The molecule has 0 spiro atoms. The summed E-state index contributed by atoms with van der Waals surface area (Å²) in [5.74, 6) is 0. The highest BCUT2D eigenvalue weighted by molar-refractivity contribution is 7.11. The van der Waals surface area contributed by atoms with Gasteiger partial charge in [-0.3, -0.25) is 0 Å². The number of rotatable bonds is 3. The van der Waals surface area contributed by atoms with Crippen molar-refractivity contribution in [3.8, 4) is 0 Å². The lowest BCUT2D eigenvalue weighted by molar-refractivity contribution is 1.45. The number of hydrogen-bond donors (Lipinski definition) is 0. The van der Waals surface area contributed by atoms with Crippen LogP contribution < -0.4 is 15.6 Å². The van der Waals surface area contributed by atoms with Crippen LogP contribution in [0, 0.1) is 20.8 Å². The minimum absolute atomic E-state index is 1.40. The highest BCUT2D eigenvalue weighted by atomic mass is 28.3. The first-order valence-electron chi connectivity index (χ1n) is 8.23. The zero-order chi connectivity index (χ0) is 16.4. The largest absolute Gasteiger partial charge is 0.146 e. The molecule has 0 atom stereocenters. The van der Waals surface area contributed by atoms with Crippen LogP contribution in [0.25, 0.3) is 0 Å². The molecular weight excluding hydrogens is 292 g/mol. The standard InChI is InChI=1S/C22H24Si/c1-17-11-5-8-14-20(17)23(4,21-15-9-6-12-18(21)2)22-16-10-7-13-19(22)3/h5-16H,1-4H3. The lowest BCUT2D eigenvalue weighted by Gasteiger charge is -2.33. The molecule has 0 heterocycles. The molecule has 0 aliphatic heterocycles. The molecule has 1 heteroatoms. The third kappa shape index (κ3) is 2.66. The second kappa shape index (κ2) is 6.17. The summed E-state index contributed by atoms with van der Waals surface area (Å²) >= 11 is 0. The van der Waals surface area contributed by atoms with E-state index in [1.807, 2.05) is 0 Å². The summed E-state index contributed by atoms with van der Waals surface area (Å²) in [5.41, 5.74) is 4.19. The van der Waals surface area contributed by atoms with Crippen molar-refractivity contribution in [2.45, 2.75) is 27.3 Å². The summed E-state index contributed by atoms with van der Waals surface area (Å²) in [6.45, 7) is 9.24. The Hall–Kier alpha value is -2.12. The molecule has 23 heavy (non-hydrogen) atoms. The van der Waals surface area contributed by atoms with Gasteiger partial charge in [-0.1, -0.05) is 96.0 Å². The van der Waals surface area contributed by atoms with Gasteiger partial charge in [-0.05, 0) is 36.3 Å². The number of hydrogen-bond acceptors (Lipinski definition) is 0. The highest BCUT2D eigenvalue weighted by Gasteiger charge is 2.37. The topological polar surface area (TPSA) is 0 Å². The lowest BCUT2D eigenvalue weighted by Crippen LogP contribution is -2.66. The van der Waals surface area contributed by atoms with Crippen LogP contribution in [0.1, 0.15) is 16.7 Å². The minimum atomic E-state index is -2.01. The summed E-state index contributed by atoms with van der Waals surface area (Å²) in [7, 11) is -2.01. The van der Waals surface area contributed by atoms with E-state index in [2.05, 4.69) is 100 Å². The Morgan fingerprint density at radius 1 is 0.478 bits per heavy atom. The summed E-state index contributed by atoms with van der Waals surface area (Å²) in [6, 6.07) is 26.7. The van der Waals surface area contributed by atoms with Crippen molar-refractivity contribution >= 4 is 23.6 Å². The second-order valence-corrected chi connectivity index (χ2v) is 10.4. The van der Waals surface area contributed by atoms with Crippen LogP contribution in [0.3, 0.4) is 0 Å². The third-order valence-corrected chi connectivity index (χ3v) is 9.97. The molecule has 0 bridgehead atoms. The fourth-order valence-electron chi connectivity index (χ4n) is 3.84. The van der Waals surface area contributed by atoms with Gasteiger partial charge in [0.1, 0.15) is 8.07 Å². The Morgan fingerprint density at radius 2 is 0.739 bits per heavy atom. The zero-order valence-corrected chi connectivity index (χ0v) is 15.4. The van der Waals surface area contributed by atoms with Gasteiger partial charge in [0.2, 0.25) is 0 Å². The van der Waals surface area contributed by atoms with Crippen LogP contribution in [0.4, 0.5) is 0 Å². The smallest absolute Gasteiger partial charge is 0.0623 e. The van der Waals surface area contributed by atoms with Crippen molar-refractivity contribution in [2.24, 2.45) is 0 Å². The summed E-state index contributed by atoms with van der Waals surface area (Å²) < 4.78 is 0. The Kier molecular flexibility index (Phi) is 4.23. The van der Waals surface area contributed by atoms with E-state index < -0.39 is 8.07 Å². The van der Waals surface area contributed by atoms with Crippen molar-refractivity contribution in [3.05, 3.63) is 89.5 Å². The van der Waals surface area contributed by atoms with E-state index in [0.29, 0.717) is 0 Å². The van der Waals surface area contributed by atoms with E-state index in [1.165, 1.54) is 32.3 Å². The van der Waals surface area contributed by atoms with Gasteiger partial charge in [-0.2, -0.15) is 0 Å². The van der Waals surface area contributed by atoms with E-state index in [-0.39, 0.29) is 0 Å². The molecule has 0 N–H and O–H groups in total. The van der Waals surface area contributed by atoms with Crippen LogP contribution in [-0.2, 0) is 0 Å². The molecule has 0 aliphatic carbocycles. The molecule has 3 rings (SSSR count). The molecule has 0 fully saturated rings. The fraction of sp³-hybridized carbons (Fsp3) is 0.182. The number of aryl methyl sites for hydroxylation is 3. The van der Waals surface area contributed by atoms with E-state index in [0.717, 1.165) is 0 Å². The lowest BCUT2D eigenvalue weighted by atomic mass is 10.2. The molecule has 0 radical (unpaired) electrons. The van der Waals surface area contributed by atoms with E-state index in [1.54, 1.807) is 0 Å². The molecule has 3 aromatic rings. The van der Waals surface area contributed by atoms with Gasteiger partial charge >= 0.3 is 0 Å².